The normalized spacial score (nSPS) is 14.9. The minimum atomic E-state index is -3.72. The predicted octanol–water partition coefficient (Wildman–Crippen LogP) is 3.32. The Hall–Kier alpha value is -2.65. The average Bonchev–Trinajstić information content (AvgIpc) is 2.82. The van der Waals surface area contributed by atoms with E-state index in [1.165, 1.54) is 22.5 Å². The van der Waals surface area contributed by atoms with Gasteiger partial charge in [-0.3, -0.25) is 4.79 Å². The van der Waals surface area contributed by atoms with Gasteiger partial charge < -0.3 is 14.8 Å². The highest BCUT2D eigenvalue weighted by atomic mass is 35.5. The SMILES string of the molecule is O=C(NCCOc1ccc2ccccc2c1)c1cc(S(=O)(=O)N2CCOCC2)ccc1Cl. The van der Waals surface area contributed by atoms with E-state index in [0.717, 1.165) is 10.8 Å². The molecular formula is C23H23ClN2O5S. The summed E-state index contributed by atoms with van der Waals surface area (Å²) in [5, 5.41) is 5.10. The Labute approximate surface area is 191 Å². The highest BCUT2D eigenvalue weighted by Crippen LogP contribution is 2.24. The summed E-state index contributed by atoms with van der Waals surface area (Å²) in [7, 11) is -3.72. The van der Waals surface area contributed by atoms with E-state index in [4.69, 9.17) is 21.1 Å². The molecule has 0 radical (unpaired) electrons. The van der Waals surface area contributed by atoms with Gasteiger partial charge in [0.2, 0.25) is 10.0 Å². The van der Waals surface area contributed by atoms with Gasteiger partial charge in [-0.2, -0.15) is 4.31 Å². The second kappa shape index (κ2) is 9.87. The van der Waals surface area contributed by atoms with Crippen LogP contribution in [0.2, 0.25) is 5.02 Å². The molecule has 3 aromatic carbocycles. The lowest BCUT2D eigenvalue weighted by atomic mass is 10.1. The van der Waals surface area contributed by atoms with Crippen molar-refractivity contribution in [1.29, 1.82) is 0 Å². The number of fused-ring (bicyclic) bond motifs is 1. The van der Waals surface area contributed by atoms with Gasteiger partial charge in [-0.25, -0.2) is 8.42 Å². The van der Waals surface area contributed by atoms with Gasteiger partial charge in [0.05, 0.1) is 35.2 Å². The van der Waals surface area contributed by atoms with Crippen molar-refractivity contribution in [3.8, 4) is 5.75 Å². The van der Waals surface area contributed by atoms with Crippen molar-refractivity contribution in [1.82, 2.24) is 9.62 Å². The molecule has 0 aliphatic carbocycles. The number of benzene rings is 3. The van der Waals surface area contributed by atoms with Crippen LogP contribution in [-0.2, 0) is 14.8 Å². The number of hydrogen-bond acceptors (Lipinski definition) is 5. The molecule has 0 saturated carbocycles. The number of sulfonamides is 1. The largest absolute Gasteiger partial charge is 0.492 e. The lowest BCUT2D eigenvalue weighted by molar-refractivity contribution is 0.0730. The molecule has 0 aromatic heterocycles. The molecule has 4 rings (SSSR count). The van der Waals surface area contributed by atoms with Gasteiger partial charge in [0.15, 0.2) is 0 Å². The van der Waals surface area contributed by atoms with Crippen LogP contribution in [0.5, 0.6) is 5.75 Å². The van der Waals surface area contributed by atoms with Gasteiger partial charge in [-0.15, -0.1) is 0 Å². The fourth-order valence-corrected chi connectivity index (χ4v) is 5.10. The molecule has 1 fully saturated rings. The second-order valence-electron chi connectivity index (χ2n) is 7.27. The van der Waals surface area contributed by atoms with E-state index in [1.54, 1.807) is 0 Å². The van der Waals surface area contributed by atoms with E-state index < -0.39 is 15.9 Å². The van der Waals surface area contributed by atoms with Gasteiger partial charge in [-0.05, 0) is 41.1 Å². The number of rotatable bonds is 7. The van der Waals surface area contributed by atoms with Crippen molar-refractivity contribution < 1.29 is 22.7 Å². The maximum atomic E-state index is 12.9. The van der Waals surface area contributed by atoms with Crippen molar-refractivity contribution >= 4 is 38.3 Å². The minimum absolute atomic E-state index is 0.0290. The van der Waals surface area contributed by atoms with E-state index in [2.05, 4.69) is 5.32 Å². The zero-order chi connectivity index (χ0) is 22.6. The summed E-state index contributed by atoms with van der Waals surface area (Å²) in [4.78, 5) is 12.7. The Kier molecular flexibility index (Phi) is 6.95. The Morgan fingerprint density at radius 3 is 2.56 bits per heavy atom. The summed E-state index contributed by atoms with van der Waals surface area (Å²) in [6.45, 7) is 1.74. The van der Waals surface area contributed by atoms with E-state index >= 15 is 0 Å². The molecule has 7 nitrogen and oxygen atoms in total. The molecule has 1 heterocycles. The Balaban J connectivity index is 1.37. The number of amides is 1. The topological polar surface area (TPSA) is 84.9 Å². The van der Waals surface area contributed by atoms with Gasteiger partial charge in [0.1, 0.15) is 12.4 Å². The number of carbonyl (C=O) groups is 1. The second-order valence-corrected chi connectivity index (χ2v) is 9.62. The van der Waals surface area contributed by atoms with Crippen LogP contribution in [0.25, 0.3) is 10.8 Å². The first-order valence-corrected chi connectivity index (χ1v) is 12.0. The number of halogens is 1. The molecule has 0 bridgehead atoms. The monoisotopic (exact) mass is 474 g/mol. The summed E-state index contributed by atoms with van der Waals surface area (Å²) in [6.07, 6.45) is 0. The summed E-state index contributed by atoms with van der Waals surface area (Å²) >= 11 is 6.17. The maximum absolute atomic E-state index is 12.9. The molecule has 168 valence electrons. The van der Waals surface area contributed by atoms with Gasteiger partial charge in [0.25, 0.3) is 5.91 Å². The third-order valence-corrected chi connectivity index (χ3v) is 7.39. The molecule has 3 aromatic rings. The highest BCUT2D eigenvalue weighted by molar-refractivity contribution is 7.89. The molecule has 0 unspecified atom stereocenters. The van der Waals surface area contributed by atoms with Crippen molar-refractivity contribution in [2.75, 3.05) is 39.5 Å². The first kappa shape index (κ1) is 22.5. The number of hydrogen-bond donors (Lipinski definition) is 1. The van der Waals surface area contributed by atoms with Gasteiger partial charge in [-0.1, -0.05) is 41.9 Å². The lowest BCUT2D eigenvalue weighted by Crippen LogP contribution is -2.40. The zero-order valence-corrected chi connectivity index (χ0v) is 18.9. The minimum Gasteiger partial charge on any atom is -0.492 e. The Morgan fingerprint density at radius 2 is 1.78 bits per heavy atom. The van der Waals surface area contributed by atoms with E-state index in [1.807, 2.05) is 42.5 Å². The molecule has 9 heteroatoms. The third-order valence-electron chi connectivity index (χ3n) is 5.17. The van der Waals surface area contributed by atoms with Crippen LogP contribution in [-0.4, -0.2) is 58.1 Å². The van der Waals surface area contributed by atoms with E-state index in [-0.39, 0.29) is 41.7 Å². The Bertz CT molecular complexity index is 1230. The highest BCUT2D eigenvalue weighted by Gasteiger charge is 2.27. The lowest BCUT2D eigenvalue weighted by Gasteiger charge is -2.26. The summed E-state index contributed by atoms with van der Waals surface area (Å²) < 4.78 is 38.0. The molecule has 1 N–H and O–H groups in total. The van der Waals surface area contributed by atoms with Crippen molar-refractivity contribution in [3.05, 3.63) is 71.2 Å². The third kappa shape index (κ3) is 5.05. The van der Waals surface area contributed by atoms with Crippen LogP contribution in [0.4, 0.5) is 0 Å². The smallest absolute Gasteiger partial charge is 0.252 e. The molecule has 1 amide bonds. The van der Waals surface area contributed by atoms with Crippen molar-refractivity contribution in [2.45, 2.75) is 4.90 Å². The summed E-state index contributed by atoms with van der Waals surface area (Å²) in [5.74, 6) is 0.241. The van der Waals surface area contributed by atoms with Crippen LogP contribution < -0.4 is 10.1 Å². The number of nitrogens with one attached hydrogen (secondary N) is 1. The predicted molar refractivity (Wildman–Crippen MR) is 123 cm³/mol. The molecule has 1 aliphatic rings. The molecular weight excluding hydrogens is 452 g/mol. The molecule has 32 heavy (non-hydrogen) atoms. The number of carbonyl (C=O) groups excluding carboxylic acids is 1. The molecule has 0 spiro atoms. The number of nitrogens with zero attached hydrogens (tertiary/aromatic N) is 1. The average molecular weight is 475 g/mol. The first-order valence-electron chi connectivity index (χ1n) is 10.2. The van der Waals surface area contributed by atoms with Crippen LogP contribution in [0.3, 0.4) is 0 Å². The summed E-state index contributed by atoms with van der Waals surface area (Å²) in [5.41, 5.74) is 0.103. The summed E-state index contributed by atoms with van der Waals surface area (Å²) in [6, 6.07) is 17.9. The molecule has 1 saturated heterocycles. The first-order chi connectivity index (χ1) is 15.4. The number of morpholine rings is 1. The van der Waals surface area contributed by atoms with Crippen LogP contribution >= 0.6 is 11.6 Å². The van der Waals surface area contributed by atoms with Crippen LogP contribution in [0, 0.1) is 0 Å². The van der Waals surface area contributed by atoms with Crippen LogP contribution in [0.15, 0.2) is 65.6 Å². The molecule has 1 aliphatic heterocycles. The maximum Gasteiger partial charge on any atom is 0.252 e. The van der Waals surface area contributed by atoms with Gasteiger partial charge in [0, 0.05) is 13.1 Å². The Morgan fingerprint density at radius 1 is 1.03 bits per heavy atom. The number of ether oxygens (including phenoxy) is 2. The quantitative estimate of drug-likeness (QED) is 0.531. The van der Waals surface area contributed by atoms with Crippen LogP contribution in [0.1, 0.15) is 10.4 Å². The standard InChI is InChI=1S/C23H23ClN2O5S/c24-22-8-7-20(32(28,29)26-10-13-30-14-11-26)16-21(22)23(27)25-9-12-31-19-6-5-17-3-1-2-4-18(17)15-19/h1-8,15-16H,9-14H2,(H,25,27). The van der Waals surface area contributed by atoms with E-state index in [9.17, 15) is 13.2 Å². The fourth-order valence-electron chi connectivity index (χ4n) is 3.46. The van der Waals surface area contributed by atoms with Crippen molar-refractivity contribution in [2.24, 2.45) is 0 Å². The van der Waals surface area contributed by atoms with Crippen molar-refractivity contribution in [3.63, 3.8) is 0 Å². The molecule has 0 atom stereocenters. The fraction of sp³-hybridized carbons (Fsp3) is 0.261. The van der Waals surface area contributed by atoms with E-state index in [0.29, 0.717) is 19.0 Å². The zero-order valence-electron chi connectivity index (χ0n) is 17.3. The van der Waals surface area contributed by atoms with Gasteiger partial charge >= 0.3 is 0 Å².